The summed E-state index contributed by atoms with van der Waals surface area (Å²) in [4.78, 5) is 38.3. The van der Waals surface area contributed by atoms with Crippen LogP contribution < -0.4 is 9.64 Å². The van der Waals surface area contributed by atoms with Crippen LogP contribution in [0.5, 0.6) is 5.75 Å². The molecule has 0 radical (unpaired) electrons. The topological polar surface area (TPSA) is 87.2 Å². The summed E-state index contributed by atoms with van der Waals surface area (Å²) in [5.74, 6) is -1.45. The molecule has 0 aliphatic carbocycles. The zero-order chi connectivity index (χ0) is 16.6. The number of nitrogens with zero attached hydrogens (tertiary/aromatic N) is 2. The molecule has 0 spiro atoms. The van der Waals surface area contributed by atoms with Gasteiger partial charge in [0.2, 0.25) is 5.91 Å². The van der Waals surface area contributed by atoms with Crippen LogP contribution in [0, 0.1) is 0 Å². The SMILES string of the molecule is O=C1CN(CC(=O)N2CCCC2C(=O)O)c2cc(Cl)ccc2O1. The van der Waals surface area contributed by atoms with Gasteiger partial charge in [-0.05, 0) is 31.0 Å². The highest BCUT2D eigenvalue weighted by Gasteiger charge is 2.35. The lowest BCUT2D eigenvalue weighted by Gasteiger charge is -2.31. The van der Waals surface area contributed by atoms with Crippen LogP contribution in [-0.2, 0) is 14.4 Å². The number of benzene rings is 1. The number of carbonyl (C=O) groups excluding carboxylic acids is 2. The normalized spacial score (nSPS) is 20.2. The summed E-state index contributed by atoms with van der Waals surface area (Å²) in [5, 5.41) is 9.64. The molecule has 2 heterocycles. The highest BCUT2D eigenvalue weighted by Crippen LogP contribution is 2.34. The van der Waals surface area contributed by atoms with Crippen LogP contribution >= 0.6 is 11.6 Å². The number of aliphatic carboxylic acids is 1. The van der Waals surface area contributed by atoms with Gasteiger partial charge in [0.15, 0.2) is 5.75 Å². The minimum Gasteiger partial charge on any atom is -0.480 e. The van der Waals surface area contributed by atoms with Crippen LogP contribution in [0.25, 0.3) is 0 Å². The van der Waals surface area contributed by atoms with Crippen LogP contribution in [0.1, 0.15) is 12.8 Å². The Labute approximate surface area is 137 Å². The van der Waals surface area contributed by atoms with Crippen LogP contribution in [-0.4, -0.2) is 53.5 Å². The van der Waals surface area contributed by atoms with Gasteiger partial charge in [-0.3, -0.25) is 4.79 Å². The first-order valence-electron chi connectivity index (χ1n) is 7.23. The number of ether oxygens (including phenoxy) is 1. The van der Waals surface area contributed by atoms with Gasteiger partial charge in [-0.15, -0.1) is 0 Å². The maximum absolute atomic E-state index is 12.5. The van der Waals surface area contributed by atoms with Gasteiger partial charge in [0.25, 0.3) is 0 Å². The quantitative estimate of drug-likeness (QED) is 0.657. The highest BCUT2D eigenvalue weighted by molar-refractivity contribution is 6.31. The van der Waals surface area contributed by atoms with E-state index in [1.165, 1.54) is 4.90 Å². The van der Waals surface area contributed by atoms with Gasteiger partial charge < -0.3 is 19.6 Å². The van der Waals surface area contributed by atoms with Crippen molar-refractivity contribution >= 4 is 35.1 Å². The fourth-order valence-electron chi connectivity index (χ4n) is 2.94. The second-order valence-electron chi connectivity index (χ2n) is 5.53. The third kappa shape index (κ3) is 3.10. The summed E-state index contributed by atoms with van der Waals surface area (Å²) in [7, 11) is 0. The minimum atomic E-state index is -1.00. The van der Waals surface area contributed by atoms with Crippen molar-refractivity contribution in [3.05, 3.63) is 23.2 Å². The second kappa shape index (κ2) is 6.08. The van der Waals surface area contributed by atoms with Crippen LogP contribution in [0.15, 0.2) is 18.2 Å². The first kappa shape index (κ1) is 15.6. The number of anilines is 1. The molecule has 1 N–H and O–H groups in total. The molecule has 0 bridgehead atoms. The molecular weight excluding hydrogens is 324 g/mol. The van der Waals surface area contributed by atoms with E-state index in [9.17, 15) is 19.5 Å². The Morgan fingerprint density at radius 2 is 2.17 bits per heavy atom. The van der Waals surface area contributed by atoms with E-state index in [-0.39, 0.29) is 19.0 Å². The van der Waals surface area contributed by atoms with E-state index >= 15 is 0 Å². The average molecular weight is 339 g/mol. The third-order valence-corrected chi connectivity index (χ3v) is 4.22. The molecule has 3 rings (SSSR count). The summed E-state index contributed by atoms with van der Waals surface area (Å²) in [6.07, 6.45) is 1.11. The van der Waals surface area contributed by atoms with E-state index < -0.39 is 18.0 Å². The molecule has 23 heavy (non-hydrogen) atoms. The highest BCUT2D eigenvalue weighted by atomic mass is 35.5. The van der Waals surface area contributed by atoms with E-state index in [2.05, 4.69) is 0 Å². The molecule has 1 saturated heterocycles. The lowest BCUT2D eigenvalue weighted by Crippen LogP contribution is -2.48. The molecule has 1 fully saturated rings. The Morgan fingerprint density at radius 1 is 1.39 bits per heavy atom. The molecule has 1 amide bonds. The van der Waals surface area contributed by atoms with E-state index in [1.807, 2.05) is 0 Å². The van der Waals surface area contributed by atoms with Crippen LogP contribution in [0.4, 0.5) is 5.69 Å². The van der Waals surface area contributed by atoms with Gasteiger partial charge in [-0.2, -0.15) is 0 Å². The monoisotopic (exact) mass is 338 g/mol. The number of likely N-dealkylation sites (tertiary alicyclic amines) is 1. The molecule has 1 aromatic carbocycles. The molecule has 2 aliphatic rings. The fourth-order valence-corrected chi connectivity index (χ4v) is 3.10. The van der Waals surface area contributed by atoms with Crippen molar-refractivity contribution in [1.82, 2.24) is 4.90 Å². The molecule has 7 nitrogen and oxygen atoms in total. The number of carbonyl (C=O) groups is 3. The second-order valence-corrected chi connectivity index (χ2v) is 5.96. The summed E-state index contributed by atoms with van der Waals surface area (Å²) < 4.78 is 5.13. The van der Waals surface area contributed by atoms with Gasteiger partial charge in [-0.25, -0.2) is 9.59 Å². The largest absolute Gasteiger partial charge is 0.480 e. The smallest absolute Gasteiger partial charge is 0.331 e. The number of hydrogen-bond donors (Lipinski definition) is 1. The number of fused-ring (bicyclic) bond motifs is 1. The minimum absolute atomic E-state index is 0.0787. The molecule has 8 heteroatoms. The molecule has 0 saturated carbocycles. The van der Waals surface area contributed by atoms with Gasteiger partial charge in [0.1, 0.15) is 12.6 Å². The molecule has 2 aliphatic heterocycles. The number of carboxylic acids is 1. The van der Waals surface area contributed by atoms with Crippen LogP contribution in [0.3, 0.4) is 0 Å². The molecule has 122 valence electrons. The number of hydrogen-bond acceptors (Lipinski definition) is 5. The molecule has 0 aromatic heterocycles. The van der Waals surface area contributed by atoms with Crippen molar-refractivity contribution in [2.24, 2.45) is 0 Å². The van der Waals surface area contributed by atoms with Gasteiger partial charge in [0.05, 0.1) is 12.2 Å². The van der Waals surface area contributed by atoms with Crippen molar-refractivity contribution in [3.63, 3.8) is 0 Å². The number of rotatable bonds is 3. The lowest BCUT2D eigenvalue weighted by molar-refractivity contribution is -0.147. The van der Waals surface area contributed by atoms with Gasteiger partial charge in [0, 0.05) is 11.6 Å². The maximum Gasteiger partial charge on any atom is 0.331 e. The Morgan fingerprint density at radius 3 is 2.91 bits per heavy atom. The Hall–Kier alpha value is -2.28. The van der Waals surface area contributed by atoms with E-state index in [0.29, 0.717) is 35.8 Å². The zero-order valence-corrected chi connectivity index (χ0v) is 13.0. The number of amides is 1. The number of halogens is 1. The summed E-state index contributed by atoms with van der Waals surface area (Å²) in [5.41, 5.74) is 0.552. The van der Waals surface area contributed by atoms with Crippen LogP contribution in [0.2, 0.25) is 5.02 Å². The van der Waals surface area contributed by atoms with Crippen molar-refractivity contribution in [3.8, 4) is 5.75 Å². The van der Waals surface area contributed by atoms with E-state index in [4.69, 9.17) is 16.3 Å². The standard InChI is InChI=1S/C15H15ClN2O5/c16-9-3-4-12-11(6-9)17(8-14(20)23-12)7-13(19)18-5-1-2-10(18)15(21)22/h3-4,6,10H,1-2,5,7-8H2,(H,21,22). The van der Waals surface area contributed by atoms with E-state index in [0.717, 1.165) is 0 Å². The lowest BCUT2D eigenvalue weighted by atomic mass is 10.2. The van der Waals surface area contributed by atoms with Crippen molar-refractivity contribution in [1.29, 1.82) is 0 Å². The van der Waals surface area contributed by atoms with Gasteiger partial charge >= 0.3 is 11.9 Å². The van der Waals surface area contributed by atoms with Crippen molar-refractivity contribution in [2.75, 3.05) is 24.5 Å². The molecule has 1 atom stereocenters. The summed E-state index contributed by atoms with van der Waals surface area (Å²) in [6, 6.07) is 4.00. The van der Waals surface area contributed by atoms with E-state index in [1.54, 1.807) is 23.1 Å². The molecule has 1 unspecified atom stereocenters. The summed E-state index contributed by atoms with van der Waals surface area (Å²) in [6.45, 7) is 0.243. The average Bonchev–Trinajstić information content (AvgIpc) is 2.97. The number of carboxylic acid groups (broad SMARTS) is 1. The third-order valence-electron chi connectivity index (χ3n) is 3.99. The number of esters is 1. The van der Waals surface area contributed by atoms with Crippen molar-refractivity contribution < 1.29 is 24.2 Å². The Bertz CT molecular complexity index is 678. The first-order valence-corrected chi connectivity index (χ1v) is 7.61. The summed E-state index contributed by atoms with van der Waals surface area (Å²) >= 11 is 5.97. The Kier molecular flexibility index (Phi) is 4.12. The van der Waals surface area contributed by atoms with Gasteiger partial charge in [-0.1, -0.05) is 11.6 Å². The predicted octanol–water partition coefficient (Wildman–Crippen LogP) is 1.14. The molecular formula is C15H15ClN2O5. The molecule has 1 aromatic rings. The van der Waals surface area contributed by atoms with Crippen molar-refractivity contribution in [2.45, 2.75) is 18.9 Å². The predicted molar refractivity (Wildman–Crippen MR) is 81.7 cm³/mol. The first-order chi connectivity index (χ1) is 11.0. The fraction of sp³-hybridized carbons (Fsp3) is 0.400. The zero-order valence-electron chi connectivity index (χ0n) is 12.2. The Balaban J connectivity index is 1.80. The maximum atomic E-state index is 12.5.